The Morgan fingerprint density at radius 2 is 2.00 bits per heavy atom. The largest absolute Gasteiger partial charge is 0.490 e. The third kappa shape index (κ3) is 5.62. The highest BCUT2D eigenvalue weighted by molar-refractivity contribution is 7.86. The van der Waals surface area contributed by atoms with Crippen LogP contribution in [0.3, 0.4) is 0 Å². The second-order valence-electron chi connectivity index (χ2n) is 10.1. The number of likely N-dealkylation sites (tertiary alicyclic amines) is 1. The van der Waals surface area contributed by atoms with Gasteiger partial charge in [-0.2, -0.15) is 8.42 Å². The fourth-order valence-electron chi connectivity index (χ4n) is 5.42. The number of nitrogens with zero attached hydrogens (tertiary/aromatic N) is 1. The van der Waals surface area contributed by atoms with Crippen molar-refractivity contribution in [2.24, 2.45) is 0 Å². The Hall–Kier alpha value is -2.39. The first-order valence-electron chi connectivity index (χ1n) is 12.5. The van der Waals surface area contributed by atoms with Gasteiger partial charge in [0.25, 0.3) is 10.1 Å². The van der Waals surface area contributed by atoms with E-state index in [0.717, 1.165) is 48.0 Å². The van der Waals surface area contributed by atoms with Crippen LogP contribution >= 0.6 is 11.3 Å². The lowest BCUT2D eigenvalue weighted by atomic mass is 9.85. The molecule has 0 radical (unpaired) electrons. The van der Waals surface area contributed by atoms with Crippen LogP contribution in [0.15, 0.2) is 47.8 Å². The van der Waals surface area contributed by atoms with E-state index in [0.29, 0.717) is 18.5 Å². The number of piperidine rings is 1. The van der Waals surface area contributed by atoms with E-state index in [4.69, 9.17) is 8.92 Å². The Labute approximate surface area is 217 Å². The zero-order valence-electron chi connectivity index (χ0n) is 21.3. The number of thiophene rings is 1. The van der Waals surface area contributed by atoms with E-state index in [1.165, 1.54) is 21.2 Å². The van der Waals surface area contributed by atoms with Crippen LogP contribution in [0.2, 0.25) is 0 Å². The molecule has 1 fully saturated rings. The molecule has 3 atom stereocenters. The van der Waals surface area contributed by atoms with E-state index in [1.807, 2.05) is 31.2 Å². The number of fused-ring (bicyclic) bond motifs is 2. The van der Waals surface area contributed by atoms with Crippen LogP contribution in [0.5, 0.6) is 5.75 Å². The van der Waals surface area contributed by atoms with Gasteiger partial charge in [0.15, 0.2) is 0 Å². The lowest BCUT2D eigenvalue weighted by molar-refractivity contribution is 0.0583. The molecule has 36 heavy (non-hydrogen) atoms. The van der Waals surface area contributed by atoms with Crippen molar-refractivity contribution in [2.45, 2.75) is 51.7 Å². The van der Waals surface area contributed by atoms with Gasteiger partial charge in [0.1, 0.15) is 18.5 Å². The summed E-state index contributed by atoms with van der Waals surface area (Å²) in [7, 11) is -3.62. The molecular weight excluding hydrogens is 492 g/mol. The number of hydrogen-bond acceptors (Lipinski definition) is 6. The predicted octanol–water partition coefficient (Wildman–Crippen LogP) is 5.99. The van der Waals surface area contributed by atoms with Gasteiger partial charge in [-0.25, -0.2) is 0 Å². The molecule has 5 rings (SSSR count). The number of ether oxygens (including phenoxy) is 1. The first-order valence-corrected chi connectivity index (χ1v) is 15.2. The van der Waals surface area contributed by atoms with E-state index < -0.39 is 16.2 Å². The third-order valence-corrected chi connectivity index (χ3v) is 8.91. The zero-order valence-corrected chi connectivity index (χ0v) is 22.9. The maximum Gasteiger partial charge on any atom is 0.264 e. The lowest BCUT2D eigenvalue weighted by Crippen LogP contribution is -2.46. The van der Waals surface area contributed by atoms with Crippen LogP contribution in [-0.2, 0) is 14.3 Å². The summed E-state index contributed by atoms with van der Waals surface area (Å²) < 4.78 is 37.0. The first-order chi connectivity index (χ1) is 17.2. The van der Waals surface area contributed by atoms with Gasteiger partial charge in [0, 0.05) is 33.9 Å². The van der Waals surface area contributed by atoms with Gasteiger partial charge in [-0.1, -0.05) is 12.1 Å². The number of aromatic amines is 1. The van der Waals surface area contributed by atoms with Crippen molar-refractivity contribution < 1.29 is 17.3 Å². The van der Waals surface area contributed by atoms with Gasteiger partial charge < -0.3 is 9.72 Å². The van der Waals surface area contributed by atoms with E-state index in [9.17, 15) is 8.42 Å². The van der Waals surface area contributed by atoms with Crippen molar-refractivity contribution in [3.05, 3.63) is 64.7 Å². The number of benzene rings is 2. The normalized spacial score (nSPS) is 20.2. The fourth-order valence-corrected chi connectivity index (χ4v) is 6.95. The molecular formula is C28H34N2O4S2. The number of rotatable bonds is 8. The quantitative estimate of drug-likeness (QED) is 0.286. The number of H-pyrrole nitrogens is 1. The van der Waals surface area contributed by atoms with Gasteiger partial charge >= 0.3 is 0 Å². The summed E-state index contributed by atoms with van der Waals surface area (Å²) in [6.07, 6.45) is 2.59. The number of hydrogen-bond donors (Lipinski definition) is 1. The number of nitrogens with one attached hydrogen (secondary N) is 1. The maximum atomic E-state index is 12.0. The molecule has 4 aromatic rings. The summed E-state index contributed by atoms with van der Waals surface area (Å²) in [5.74, 6) is 1.23. The average Bonchev–Trinajstić information content (AvgIpc) is 3.39. The SMILES string of the molecule is Cc1cc2c(OC[C@H](CN3CCC(c4ccc5scc(C)c5c4)CC3C)OS(C)(=O)=O)cccc2[nH]1. The third-order valence-electron chi connectivity index (χ3n) is 7.21. The fraction of sp³-hybridized carbons (Fsp3) is 0.429. The van der Waals surface area contributed by atoms with Crippen molar-refractivity contribution in [3.63, 3.8) is 0 Å². The summed E-state index contributed by atoms with van der Waals surface area (Å²) in [4.78, 5) is 5.65. The number of aromatic nitrogens is 1. The van der Waals surface area contributed by atoms with Crippen LogP contribution in [-0.4, -0.2) is 56.4 Å². The molecule has 0 amide bonds. The van der Waals surface area contributed by atoms with E-state index >= 15 is 0 Å². The highest BCUT2D eigenvalue weighted by Crippen LogP contribution is 2.35. The molecule has 2 aromatic carbocycles. The molecule has 2 aromatic heterocycles. The molecule has 6 nitrogen and oxygen atoms in total. The summed E-state index contributed by atoms with van der Waals surface area (Å²) in [5.41, 5.74) is 4.79. The van der Waals surface area contributed by atoms with Crippen molar-refractivity contribution in [1.82, 2.24) is 9.88 Å². The van der Waals surface area contributed by atoms with E-state index in [2.05, 4.69) is 47.3 Å². The molecule has 1 aliphatic rings. The summed E-state index contributed by atoms with van der Waals surface area (Å²) in [6.45, 7) is 7.97. The molecule has 1 N–H and O–H groups in total. The highest BCUT2D eigenvalue weighted by atomic mass is 32.2. The molecule has 0 bridgehead atoms. The first kappa shape index (κ1) is 25.3. The molecule has 0 saturated carbocycles. The molecule has 2 unspecified atom stereocenters. The topological polar surface area (TPSA) is 71.6 Å². The Morgan fingerprint density at radius 1 is 1.17 bits per heavy atom. The van der Waals surface area contributed by atoms with Crippen molar-refractivity contribution in [1.29, 1.82) is 0 Å². The molecule has 8 heteroatoms. The standard InChI is InChI=1S/C28H34N2O4S2/c1-18-17-35-28-9-8-21(14-24(18)28)22-10-11-30(20(3)13-22)15-23(34-36(4,31)32)16-33-27-7-5-6-26-25(27)12-19(2)29-26/h5-9,12,14,17,20,22-23,29H,10-11,13,15-16H2,1-4H3/t20?,22?,23-/m0/s1. The second-order valence-corrected chi connectivity index (χ2v) is 12.7. The van der Waals surface area contributed by atoms with E-state index in [-0.39, 0.29) is 6.61 Å². The van der Waals surface area contributed by atoms with Crippen molar-refractivity contribution in [3.8, 4) is 5.75 Å². The number of aryl methyl sites for hydroxylation is 2. The van der Waals surface area contributed by atoms with Gasteiger partial charge in [-0.05, 0) is 98.3 Å². The molecule has 192 valence electrons. The predicted molar refractivity (Wildman–Crippen MR) is 148 cm³/mol. The average molecular weight is 527 g/mol. The Kier molecular flexibility index (Phi) is 7.14. The highest BCUT2D eigenvalue weighted by Gasteiger charge is 2.30. The lowest BCUT2D eigenvalue weighted by Gasteiger charge is -2.39. The molecule has 1 saturated heterocycles. The summed E-state index contributed by atoms with van der Waals surface area (Å²) >= 11 is 1.80. The molecule has 0 spiro atoms. The molecule has 3 heterocycles. The minimum absolute atomic E-state index is 0.164. The van der Waals surface area contributed by atoms with Crippen LogP contribution < -0.4 is 4.74 Å². The minimum atomic E-state index is -3.62. The smallest absolute Gasteiger partial charge is 0.264 e. The Morgan fingerprint density at radius 3 is 2.78 bits per heavy atom. The Balaban J connectivity index is 1.26. The summed E-state index contributed by atoms with van der Waals surface area (Å²) in [5, 5.41) is 4.57. The van der Waals surface area contributed by atoms with Crippen LogP contribution in [0.25, 0.3) is 21.0 Å². The van der Waals surface area contributed by atoms with Crippen LogP contribution in [0, 0.1) is 13.8 Å². The van der Waals surface area contributed by atoms with Crippen LogP contribution in [0.1, 0.15) is 42.5 Å². The van der Waals surface area contributed by atoms with Gasteiger partial charge in [0.05, 0.1) is 6.26 Å². The molecule has 0 aliphatic carbocycles. The van der Waals surface area contributed by atoms with Crippen LogP contribution in [0.4, 0.5) is 0 Å². The van der Waals surface area contributed by atoms with Crippen molar-refractivity contribution >= 4 is 42.4 Å². The minimum Gasteiger partial charge on any atom is -0.490 e. The monoisotopic (exact) mass is 526 g/mol. The maximum absolute atomic E-state index is 12.0. The van der Waals surface area contributed by atoms with Crippen molar-refractivity contribution in [2.75, 3.05) is 26.0 Å². The Bertz CT molecular complexity index is 1470. The second kappa shape index (κ2) is 10.2. The van der Waals surface area contributed by atoms with Gasteiger partial charge in [0.2, 0.25) is 0 Å². The summed E-state index contributed by atoms with van der Waals surface area (Å²) in [6, 6.07) is 15.1. The van der Waals surface area contributed by atoms with Gasteiger partial charge in [-0.15, -0.1) is 11.3 Å². The zero-order chi connectivity index (χ0) is 25.4. The molecule has 1 aliphatic heterocycles. The van der Waals surface area contributed by atoms with Gasteiger partial charge in [-0.3, -0.25) is 9.08 Å². The van der Waals surface area contributed by atoms with E-state index in [1.54, 1.807) is 11.3 Å².